The van der Waals surface area contributed by atoms with E-state index >= 15 is 0 Å². The quantitative estimate of drug-likeness (QED) is 0.742. The predicted molar refractivity (Wildman–Crippen MR) is 49.1 cm³/mol. The van der Waals surface area contributed by atoms with Gasteiger partial charge in [0.25, 0.3) is 0 Å². The molecule has 0 saturated heterocycles. The zero-order chi connectivity index (χ0) is 11.6. The summed E-state index contributed by atoms with van der Waals surface area (Å²) in [6.07, 6.45) is 0. The Balaban J connectivity index is 3.27. The number of carbonyl (C=O) groups excluding carboxylic acids is 1. The summed E-state index contributed by atoms with van der Waals surface area (Å²) in [6, 6.07) is 2.70. The lowest BCUT2D eigenvalue weighted by atomic mass is 10.2. The standard InChI is InChI=1S/C8H8FNO4S/c1-14-8(11)6-3-2-5(4-7(6)9)15(10,12)13/h2-4H,1H3,(H2,10,12,13). The van der Waals surface area contributed by atoms with E-state index in [4.69, 9.17) is 5.14 Å². The average molecular weight is 233 g/mol. The van der Waals surface area contributed by atoms with Crippen molar-refractivity contribution < 1.29 is 22.3 Å². The summed E-state index contributed by atoms with van der Waals surface area (Å²) in [6.45, 7) is 0. The Morgan fingerprint density at radius 1 is 1.47 bits per heavy atom. The Kier molecular flexibility index (Phi) is 3.06. The lowest BCUT2D eigenvalue weighted by molar-refractivity contribution is 0.0595. The van der Waals surface area contributed by atoms with Crippen LogP contribution in [0.15, 0.2) is 23.1 Å². The molecule has 1 aromatic carbocycles. The molecule has 0 radical (unpaired) electrons. The van der Waals surface area contributed by atoms with Gasteiger partial charge in [0.2, 0.25) is 10.0 Å². The maximum atomic E-state index is 13.2. The summed E-state index contributed by atoms with van der Waals surface area (Å²) >= 11 is 0. The summed E-state index contributed by atoms with van der Waals surface area (Å²) in [5.74, 6) is -1.87. The molecule has 0 aliphatic carbocycles. The van der Waals surface area contributed by atoms with E-state index in [1.807, 2.05) is 0 Å². The number of esters is 1. The van der Waals surface area contributed by atoms with Crippen molar-refractivity contribution in [1.82, 2.24) is 0 Å². The number of rotatable bonds is 2. The van der Waals surface area contributed by atoms with Crippen LogP contribution in [0.5, 0.6) is 0 Å². The highest BCUT2D eigenvalue weighted by Crippen LogP contribution is 2.14. The van der Waals surface area contributed by atoms with E-state index in [1.54, 1.807) is 0 Å². The number of halogens is 1. The van der Waals surface area contributed by atoms with Gasteiger partial charge >= 0.3 is 5.97 Å². The molecule has 0 aromatic heterocycles. The second-order valence-electron chi connectivity index (χ2n) is 2.68. The minimum atomic E-state index is -3.97. The fraction of sp³-hybridized carbons (Fsp3) is 0.125. The molecule has 1 aromatic rings. The van der Waals surface area contributed by atoms with E-state index in [1.165, 1.54) is 0 Å². The van der Waals surface area contributed by atoms with Crippen molar-refractivity contribution >= 4 is 16.0 Å². The molecule has 0 bridgehead atoms. The third-order valence-electron chi connectivity index (χ3n) is 1.67. The predicted octanol–water partition coefficient (Wildman–Crippen LogP) is 0.260. The van der Waals surface area contributed by atoms with Crippen LogP contribution < -0.4 is 5.14 Å². The lowest BCUT2D eigenvalue weighted by Crippen LogP contribution is -2.13. The average Bonchev–Trinajstić information content (AvgIpc) is 2.15. The van der Waals surface area contributed by atoms with Crippen LogP contribution in [0, 0.1) is 5.82 Å². The van der Waals surface area contributed by atoms with Gasteiger partial charge < -0.3 is 4.74 Å². The highest BCUT2D eigenvalue weighted by molar-refractivity contribution is 7.89. The maximum Gasteiger partial charge on any atom is 0.340 e. The molecule has 5 nitrogen and oxygen atoms in total. The van der Waals surface area contributed by atoms with Gasteiger partial charge in [0.05, 0.1) is 17.6 Å². The fourth-order valence-electron chi connectivity index (χ4n) is 0.948. The normalized spacial score (nSPS) is 11.1. The molecule has 1 rings (SSSR count). The first-order valence-corrected chi connectivity index (χ1v) is 5.31. The van der Waals surface area contributed by atoms with Gasteiger partial charge in [-0.15, -0.1) is 0 Å². The first kappa shape index (κ1) is 11.6. The molecular formula is C8H8FNO4S. The molecule has 0 unspecified atom stereocenters. The van der Waals surface area contributed by atoms with E-state index in [0.717, 1.165) is 19.2 Å². The maximum absolute atomic E-state index is 13.2. The van der Waals surface area contributed by atoms with Crippen molar-refractivity contribution in [2.24, 2.45) is 5.14 Å². The second-order valence-corrected chi connectivity index (χ2v) is 4.24. The van der Waals surface area contributed by atoms with Crippen LogP contribution >= 0.6 is 0 Å². The van der Waals surface area contributed by atoms with E-state index in [2.05, 4.69) is 4.74 Å². The Bertz CT molecular complexity index is 497. The van der Waals surface area contributed by atoms with E-state index in [-0.39, 0.29) is 5.56 Å². The third kappa shape index (κ3) is 2.51. The van der Waals surface area contributed by atoms with Gasteiger partial charge in [-0.05, 0) is 18.2 Å². The van der Waals surface area contributed by atoms with Crippen LogP contribution in [0.25, 0.3) is 0 Å². The number of carbonyl (C=O) groups is 1. The van der Waals surface area contributed by atoms with Gasteiger partial charge in [0, 0.05) is 0 Å². The molecule has 7 heteroatoms. The molecule has 0 heterocycles. The van der Waals surface area contributed by atoms with E-state index < -0.39 is 26.7 Å². The van der Waals surface area contributed by atoms with Crippen LogP contribution in [0.1, 0.15) is 10.4 Å². The topological polar surface area (TPSA) is 86.5 Å². The number of sulfonamides is 1. The first-order valence-electron chi connectivity index (χ1n) is 3.77. The van der Waals surface area contributed by atoms with Gasteiger partial charge in [0.15, 0.2) is 0 Å². The minimum absolute atomic E-state index is 0.343. The molecular weight excluding hydrogens is 225 g/mol. The lowest BCUT2D eigenvalue weighted by Gasteiger charge is -2.02. The molecule has 2 N–H and O–H groups in total. The molecule has 0 spiro atoms. The Morgan fingerprint density at radius 3 is 2.47 bits per heavy atom. The van der Waals surface area contributed by atoms with Crippen molar-refractivity contribution in [1.29, 1.82) is 0 Å². The van der Waals surface area contributed by atoms with Crippen molar-refractivity contribution in [3.05, 3.63) is 29.6 Å². The van der Waals surface area contributed by atoms with Crippen molar-refractivity contribution in [3.63, 3.8) is 0 Å². The molecule has 0 atom stereocenters. The molecule has 0 saturated carbocycles. The Morgan fingerprint density at radius 2 is 2.07 bits per heavy atom. The fourth-order valence-corrected chi connectivity index (χ4v) is 1.47. The molecule has 0 amide bonds. The Hall–Kier alpha value is -1.47. The Labute approximate surface area is 85.7 Å². The summed E-state index contributed by atoms with van der Waals surface area (Å²) in [4.78, 5) is 10.6. The van der Waals surface area contributed by atoms with Gasteiger partial charge in [-0.3, -0.25) is 0 Å². The number of hydrogen-bond acceptors (Lipinski definition) is 4. The number of benzene rings is 1. The van der Waals surface area contributed by atoms with Crippen LogP contribution in [0.2, 0.25) is 0 Å². The number of hydrogen-bond donors (Lipinski definition) is 1. The van der Waals surface area contributed by atoms with Gasteiger partial charge in [0.1, 0.15) is 5.82 Å². The van der Waals surface area contributed by atoms with Gasteiger partial charge in [-0.1, -0.05) is 0 Å². The first-order chi connectivity index (χ1) is 6.86. The van der Waals surface area contributed by atoms with Crippen molar-refractivity contribution in [2.45, 2.75) is 4.90 Å². The summed E-state index contributed by atoms with van der Waals surface area (Å²) in [7, 11) is -2.87. The van der Waals surface area contributed by atoms with E-state index in [0.29, 0.717) is 6.07 Å². The van der Waals surface area contributed by atoms with Crippen LogP contribution in [-0.4, -0.2) is 21.5 Å². The summed E-state index contributed by atoms with van der Waals surface area (Å²) < 4.78 is 39.1. The van der Waals surface area contributed by atoms with Crippen LogP contribution in [0.4, 0.5) is 4.39 Å². The monoisotopic (exact) mass is 233 g/mol. The molecule has 0 aliphatic heterocycles. The highest BCUT2D eigenvalue weighted by atomic mass is 32.2. The molecule has 0 fully saturated rings. The summed E-state index contributed by atoms with van der Waals surface area (Å²) in [5, 5.41) is 4.77. The largest absolute Gasteiger partial charge is 0.465 e. The van der Waals surface area contributed by atoms with Gasteiger partial charge in [-0.25, -0.2) is 22.7 Å². The number of ether oxygens (including phenoxy) is 1. The zero-order valence-corrected chi connectivity index (χ0v) is 8.55. The SMILES string of the molecule is COC(=O)c1ccc(S(N)(=O)=O)cc1F. The molecule has 15 heavy (non-hydrogen) atoms. The third-order valence-corrected chi connectivity index (χ3v) is 2.59. The van der Waals surface area contributed by atoms with Gasteiger partial charge in [-0.2, -0.15) is 0 Å². The summed E-state index contributed by atoms with van der Waals surface area (Å²) in [5.41, 5.74) is -0.343. The number of methoxy groups -OCH3 is 1. The molecule has 0 aliphatic rings. The van der Waals surface area contributed by atoms with Crippen molar-refractivity contribution in [3.8, 4) is 0 Å². The van der Waals surface area contributed by atoms with Crippen molar-refractivity contribution in [2.75, 3.05) is 7.11 Å². The minimum Gasteiger partial charge on any atom is -0.465 e. The second kappa shape index (κ2) is 3.95. The molecule has 82 valence electrons. The smallest absolute Gasteiger partial charge is 0.340 e. The van der Waals surface area contributed by atoms with Crippen LogP contribution in [0.3, 0.4) is 0 Å². The zero-order valence-electron chi connectivity index (χ0n) is 7.73. The highest BCUT2D eigenvalue weighted by Gasteiger charge is 2.16. The van der Waals surface area contributed by atoms with Crippen LogP contribution in [-0.2, 0) is 14.8 Å². The number of nitrogens with two attached hydrogens (primary N) is 1. The number of primary sulfonamides is 1. The van der Waals surface area contributed by atoms with E-state index in [9.17, 15) is 17.6 Å².